The third-order valence-corrected chi connectivity index (χ3v) is 6.51. The van der Waals surface area contributed by atoms with Gasteiger partial charge < -0.3 is 24.4 Å². The van der Waals surface area contributed by atoms with Crippen LogP contribution in [0.3, 0.4) is 0 Å². The minimum Gasteiger partial charge on any atom is -0.436 e. The Labute approximate surface area is 205 Å². The van der Waals surface area contributed by atoms with E-state index in [1.54, 1.807) is 4.90 Å². The SMILES string of the molecule is CC(C#N)(NC(=O)C(CC1CCc2ccccc21)OC(=O)N1CCOCC1)OCc1ccccc1. The van der Waals surface area contributed by atoms with E-state index in [9.17, 15) is 14.9 Å². The molecule has 2 aliphatic rings. The Morgan fingerprint density at radius 3 is 2.63 bits per heavy atom. The van der Waals surface area contributed by atoms with E-state index in [1.165, 1.54) is 18.1 Å². The highest BCUT2D eigenvalue weighted by molar-refractivity contribution is 5.84. The number of morpholine rings is 1. The molecule has 1 saturated heterocycles. The first-order chi connectivity index (χ1) is 17.0. The smallest absolute Gasteiger partial charge is 0.410 e. The predicted octanol–water partition coefficient (Wildman–Crippen LogP) is 3.52. The molecule has 2 aromatic carbocycles. The van der Waals surface area contributed by atoms with Crippen LogP contribution in [0.5, 0.6) is 0 Å². The first-order valence-electron chi connectivity index (χ1n) is 12.0. The molecule has 0 saturated carbocycles. The molecule has 0 aromatic heterocycles. The summed E-state index contributed by atoms with van der Waals surface area (Å²) < 4.78 is 16.8. The van der Waals surface area contributed by atoms with Crippen LogP contribution < -0.4 is 5.32 Å². The van der Waals surface area contributed by atoms with Crippen LogP contribution in [0.2, 0.25) is 0 Å². The van der Waals surface area contributed by atoms with Crippen LogP contribution in [-0.4, -0.2) is 55.0 Å². The summed E-state index contributed by atoms with van der Waals surface area (Å²) in [6, 6.07) is 19.6. The van der Waals surface area contributed by atoms with E-state index in [4.69, 9.17) is 14.2 Å². The van der Waals surface area contributed by atoms with E-state index in [1.807, 2.05) is 48.5 Å². The van der Waals surface area contributed by atoms with Crippen LogP contribution in [0.25, 0.3) is 0 Å². The van der Waals surface area contributed by atoms with Gasteiger partial charge in [-0.1, -0.05) is 54.6 Å². The number of rotatable bonds is 8. The summed E-state index contributed by atoms with van der Waals surface area (Å²) in [5.41, 5.74) is 1.73. The summed E-state index contributed by atoms with van der Waals surface area (Å²) >= 11 is 0. The van der Waals surface area contributed by atoms with E-state index < -0.39 is 23.8 Å². The number of hydrogen-bond acceptors (Lipinski definition) is 6. The molecule has 1 fully saturated rings. The van der Waals surface area contributed by atoms with Gasteiger partial charge in [-0.15, -0.1) is 0 Å². The lowest BCUT2D eigenvalue weighted by Crippen LogP contribution is -2.52. The maximum absolute atomic E-state index is 13.4. The molecule has 184 valence electrons. The van der Waals surface area contributed by atoms with Gasteiger partial charge in [0.25, 0.3) is 5.91 Å². The Morgan fingerprint density at radius 2 is 1.89 bits per heavy atom. The highest BCUT2D eigenvalue weighted by atomic mass is 16.6. The van der Waals surface area contributed by atoms with E-state index in [2.05, 4.69) is 17.4 Å². The lowest BCUT2D eigenvalue weighted by atomic mass is 9.94. The number of carbonyl (C=O) groups excluding carboxylic acids is 2. The quantitative estimate of drug-likeness (QED) is 0.584. The van der Waals surface area contributed by atoms with Crippen LogP contribution in [0.4, 0.5) is 4.79 Å². The average Bonchev–Trinajstić information content (AvgIpc) is 3.31. The van der Waals surface area contributed by atoms with Crippen molar-refractivity contribution in [2.75, 3.05) is 26.3 Å². The summed E-state index contributed by atoms with van der Waals surface area (Å²) in [6.07, 6.45) is 0.512. The lowest BCUT2D eigenvalue weighted by Gasteiger charge is -2.30. The van der Waals surface area contributed by atoms with Crippen LogP contribution in [0.1, 0.15) is 42.4 Å². The Bertz CT molecular complexity index is 1060. The van der Waals surface area contributed by atoms with Gasteiger partial charge in [0.2, 0.25) is 5.72 Å². The molecule has 8 heteroatoms. The molecule has 35 heavy (non-hydrogen) atoms. The summed E-state index contributed by atoms with van der Waals surface area (Å²) in [7, 11) is 0. The molecule has 0 bridgehead atoms. The van der Waals surface area contributed by atoms with Crippen LogP contribution in [0.15, 0.2) is 54.6 Å². The molecule has 0 radical (unpaired) electrons. The molecule has 8 nitrogen and oxygen atoms in total. The maximum Gasteiger partial charge on any atom is 0.410 e. The van der Waals surface area contributed by atoms with E-state index >= 15 is 0 Å². The number of hydrogen-bond donors (Lipinski definition) is 1. The van der Waals surface area contributed by atoms with Crippen molar-refractivity contribution in [1.29, 1.82) is 5.26 Å². The topological polar surface area (TPSA) is 101 Å². The number of nitriles is 1. The molecule has 1 heterocycles. The normalized spacial score (nSPS) is 19.7. The molecule has 1 N–H and O–H groups in total. The van der Waals surface area contributed by atoms with Crippen molar-refractivity contribution in [3.05, 3.63) is 71.3 Å². The zero-order chi connectivity index (χ0) is 24.7. The summed E-state index contributed by atoms with van der Waals surface area (Å²) in [6.45, 7) is 3.34. The van der Waals surface area contributed by atoms with Crippen molar-refractivity contribution in [1.82, 2.24) is 10.2 Å². The van der Waals surface area contributed by atoms with Gasteiger partial charge >= 0.3 is 6.09 Å². The first kappa shape index (κ1) is 24.7. The van der Waals surface area contributed by atoms with Gasteiger partial charge in [-0.05, 0) is 42.4 Å². The lowest BCUT2D eigenvalue weighted by molar-refractivity contribution is -0.139. The number of benzene rings is 2. The van der Waals surface area contributed by atoms with Gasteiger partial charge in [-0.25, -0.2) is 4.79 Å². The minimum absolute atomic E-state index is 0.0815. The minimum atomic E-state index is -1.58. The molecule has 4 rings (SSSR count). The van der Waals surface area contributed by atoms with Crippen molar-refractivity contribution in [3.63, 3.8) is 0 Å². The van der Waals surface area contributed by atoms with E-state index in [0.717, 1.165) is 18.4 Å². The largest absolute Gasteiger partial charge is 0.436 e. The Hall–Kier alpha value is -3.41. The van der Waals surface area contributed by atoms with Crippen LogP contribution in [-0.2, 0) is 32.0 Å². The molecule has 3 atom stereocenters. The third-order valence-electron chi connectivity index (χ3n) is 6.51. The van der Waals surface area contributed by atoms with Crippen molar-refractivity contribution in [3.8, 4) is 6.07 Å². The number of carbonyl (C=O) groups is 2. The Morgan fingerprint density at radius 1 is 1.17 bits per heavy atom. The number of ether oxygens (including phenoxy) is 3. The summed E-state index contributed by atoms with van der Waals surface area (Å²) in [5, 5.41) is 12.5. The number of amides is 2. The zero-order valence-electron chi connectivity index (χ0n) is 19.9. The van der Waals surface area contributed by atoms with E-state index in [-0.39, 0.29) is 12.5 Å². The fraction of sp³-hybridized carbons (Fsp3) is 0.444. The molecule has 2 aromatic rings. The van der Waals surface area contributed by atoms with Gasteiger partial charge in [-0.3, -0.25) is 4.79 Å². The Balaban J connectivity index is 1.47. The molecular weight excluding hydrogens is 446 g/mol. The van der Waals surface area contributed by atoms with E-state index in [0.29, 0.717) is 32.7 Å². The van der Waals surface area contributed by atoms with Crippen molar-refractivity contribution >= 4 is 12.0 Å². The second-order valence-corrected chi connectivity index (χ2v) is 9.05. The zero-order valence-corrected chi connectivity index (χ0v) is 19.9. The van der Waals surface area contributed by atoms with Crippen LogP contribution in [0, 0.1) is 11.3 Å². The Kier molecular flexibility index (Phi) is 8.01. The second-order valence-electron chi connectivity index (χ2n) is 9.05. The van der Waals surface area contributed by atoms with Gasteiger partial charge in [0.1, 0.15) is 6.07 Å². The monoisotopic (exact) mass is 477 g/mol. The van der Waals surface area contributed by atoms with Gasteiger partial charge in [0.15, 0.2) is 6.10 Å². The third kappa shape index (κ3) is 6.38. The first-order valence-corrected chi connectivity index (χ1v) is 12.0. The van der Waals surface area contributed by atoms with Gasteiger partial charge in [-0.2, -0.15) is 5.26 Å². The molecule has 1 aliphatic heterocycles. The summed E-state index contributed by atoms with van der Waals surface area (Å²) in [4.78, 5) is 27.8. The number of nitrogens with zero attached hydrogens (tertiary/aromatic N) is 2. The fourth-order valence-corrected chi connectivity index (χ4v) is 4.51. The maximum atomic E-state index is 13.4. The molecule has 1 aliphatic carbocycles. The molecule has 0 spiro atoms. The van der Waals surface area contributed by atoms with Crippen molar-refractivity contribution < 1.29 is 23.8 Å². The highest BCUT2D eigenvalue weighted by Crippen LogP contribution is 2.36. The second kappa shape index (κ2) is 11.3. The predicted molar refractivity (Wildman–Crippen MR) is 128 cm³/mol. The van der Waals surface area contributed by atoms with Gasteiger partial charge in [0.05, 0.1) is 19.8 Å². The average molecular weight is 478 g/mol. The molecule has 3 unspecified atom stereocenters. The van der Waals surface area contributed by atoms with Crippen LogP contribution >= 0.6 is 0 Å². The number of fused-ring (bicyclic) bond motifs is 1. The number of aryl methyl sites for hydroxylation is 1. The van der Waals surface area contributed by atoms with Crippen molar-refractivity contribution in [2.24, 2.45) is 0 Å². The fourth-order valence-electron chi connectivity index (χ4n) is 4.51. The highest BCUT2D eigenvalue weighted by Gasteiger charge is 2.36. The number of nitrogens with one attached hydrogen (secondary N) is 1. The van der Waals surface area contributed by atoms with Crippen molar-refractivity contribution in [2.45, 2.75) is 50.5 Å². The molecule has 2 amide bonds. The summed E-state index contributed by atoms with van der Waals surface area (Å²) in [5.74, 6) is -0.467. The molecular formula is C27H31N3O5. The van der Waals surface area contributed by atoms with Gasteiger partial charge in [0, 0.05) is 19.5 Å². The standard InChI is InChI=1S/C27H31N3O5/c1-27(19-28,34-18-20-7-3-2-4-8-20)29-25(31)24(35-26(32)30-13-15-33-16-14-30)17-22-12-11-21-9-5-6-10-23(21)22/h2-10,22,24H,11-18H2,1H3,(H,29,31).